The highest BCUT2D eigenvalue weighted by molar-refractivity contribution is 7.89. The molecule has 0 aliphatic carbocycles. The van der Waals surface area contributed by atoms with E-state index in [-0.39, 0.29) is 5.01 Å². The first-order valence-electron chi connectivity index (χ1n) is 6.43. The summed E-state index contributed by atoms with van der Waals surface area (Å²) in [6.07, 6.45) is 1.74. The average Bonchev–Trinajstić information content (AvgIpc) is 3.07. The number of benzene rings is 1. The Labute approximate surface area is 121 Å². The third kappa shape index (κ3) is 2.61. The Morgan fingerprint density at radius 2 is 1.95 bits per heavy atom. The fraction of sp³-hybridized carbons (Fsp3) is 0.385. The molecule has 0 spiro atoms. The Balaban J connectivity index is 1.82. The normalized spacial score (nSPS) is 16.8. The van der Waals surface area contributed by atoms with E-state index in [9.17, 15) is 13.2 Å². The SMILES string of the molecule is O=C(CS(=O)(=O)N1CCCC1)c1nc2ccccc2s1. The third-order valence-corrected chi connectivity index (χ3v) is 6.16. The minimum absolute atomic E-state index is 0.272. The maximum Gasteiger partial charge on any atom is 0.221 e. The van der Waals surface area contributed by atoms with Crippen LogP contribution in [-0.4, -0.2) is 42.3 Å². The Hall–Kier alpha value is -1.31. The smallest absolute Gasteiger partial charge is 0.221 e. The number of hydrogen-bond acceptors (Lipinski definition) is 5. The fourth-order valence-corrected chi connectivity index (χ4v) is 4.74. The van der Waals surface area contributed by atoms with Gasteiger partial charge in [-0.2, -0.15) is 0 Å². The highest BCUT2D eigenvalue weighted by Gasteiger charge is 2.29. The highest BCUT2D eigenvalue weighted by atomic mass is 32.2. The van der Waals surface area contributed by atoms with Crippen LogP contribution in [0.5, 0.6) is 0 Å². The van der Waals surface area contributed by atoms with Gasteiger partial charge in [-0.05, 0) is 25.0 Å². The molecule has 1 aliphatic heterocycles. The van der Waals surface area contributed by atoms with E-state index in [2.05, 4.69) is 4.98 Å². The summed E-state index contributed by atoms with van der Waals surface area (Å²) in [4.78, 5) is 16.3. The molecule has 0 unspecified atom stereocenters. The number of carbonyl (C=O) groups is 1. The number of thiazole rings is 1. The molecule has 1 aromatic carbocycles. The van der Waals surface area contributed by atoms with Crippen LogP contribution in [0.3, 0.4) is 0 Å². The van der Waals surface area contributed by atoms with Crippen molar-refractivity contribution in [3.05, 3.63) is 29.3 Å². The maximum absolute atomic E-state index is 12.1. The van der Waals surface area contributed by atoms with Crippen molar-refractivity contribution < 1.29 is 13.2 Å². The largest absolute Gasteiger partial charge is 0.290 e. The molecule has 1 aliphatic rings. The van der Waals surface area contributed by atoms with Gasteiger partial charge in [0.25, 0.3) is 0 Å². The minimum Gasteiger partial charge on any atom is -0.290 e. The predicted octanol–water partition coefficient (Wildman–Crippen LogP) is 1.90. The van der Waals surface area contributed by atoms with Crippen LogP contribution in [0.25, 0.3) is 10.2 Å². The number of Topliss-reactive ketones (excluding diaryl/α,β-unsaturated/α-hetero) is 1. The fourth-order valence-electron chi connectivity index (χ4n) is 2.28. The van der Waals surface area contributed by atoms with E-state index in [1.54, 1.807) is 0 Å². The van der Waals surface area contributed by atoms with Crippen molar-refractivity contribution in [3.8, 4) is 0 Å². The zero-order chi connectivity index (χ0) is 14.2. The summed E-state index contributed by atoms with van der Waals surface area (Å²) in [6, 6.07) is 7.41. The van der Waals surface area contributed by atoms with Gasteiger partial charge in [-0.15, -0.1) is 11.3 Å². The topological polar surface area (TPSA) is 67.3 Å². The standard InChI is InChI=1S/C13H14N2O3S2/c16-11(9-20(17,18)15-7-3-4-8-15)13-14-10-5-1-2-6-12(10)19-13/h1-2,5-6H,3-4,7-9H2. The van der Waals surface area contributed by atoms with Crippen molar-refractivity contribution in [3.63, 3.8) is 0 Å². The van der Waals surface area contributed by atoms with Crippen LogP contribution in [0.1, 0.15) is 22.6 Å². The van der Waals surface area contributed by atoms with Gasteiger partial charge in [-0.1, -0.05) is 12.1 Å². The monoisotopic (exact) mass is 310 g/mol. The van der Waals surface area contributed by atoms with Crippen molar-refractivity contribution >= 4 is 37.4 Å². The molecule has 5 nitrogen and oxygen atoms in total. The lowest BCUT2D eigenvalue weighted by Crippen LogP contribution is -2.33. The van der Waals surface area contributed by atoms with Crippen LogP contribution in [0.15, 0.2) is 24.3 Å². The van der Waals surface area contributed by atoms with Gasteiger partial charge in [0.05, 0.1) is 10.2 Å². The van der Waals surface area contributed by atoms with Crippen LogP contribution in [0.2, 0.25) is 0 Å². The molecule has 1 aromatic heterocycles. The van der Waals surface area contributed by atoms with E-state index in [1.165, 1.54) is 15.6 Å². The third-order valence-electron chi connectivity index (χ3n) is 3.30. The average molecular weight is 310 g/mol. The number of fused-ring (bicyclic) bond motifs is 1. The molecule has 0 amide bonds. The second kappa shape index (κ2) is 5.23. The lowest BCUT2D eigenvalue weighted by molar-refractivity contribution is 0.101. The predicted molar refractivity (Wildman–Crippen MR) is 78.5 cm³/mol. The van der Waals surface area contributed by atoms with E-state index >= 15 is 0 Å². The molecule has 3 rings (SSSR count). The summed E-state index contributed by atoms with van der Waals surface area (Å²) in [6.45, 7) is 1.05. The van der Waals surface area contributed by atoms with E-state index < -0.39 is 21.6 Å². The summed E-state index contributed by atoms with van der Waals surface area (Å²) in [5.74, 6) is -0.898. The number of nitrogens with zero attached hydrogens (tertiary/aromatic N) is 2. The quantitative estimate of drug-likeness (QED) is 0.809. The highest BCUT2D eigenvalue weighted by Crippen LogP contribution is 2.23. The van der Waals surface area contributed by atoms with Gasteiger partial charge < -0.3 is 0 Å². The van der Waals surface area contributed by atoms with Crippen LogP contribution >= 0.6 is 11.3 Å². The Kier molecular flexibility index (Phi) is 3.57. The van der Waals surface area contributed by atoms with Gasteiger partial charge in [0.2, 0.25) is 15.8 Å². The Bertz CT molecular complexity index is 713. The molecule has 0 bridgehead atoms. The number of carbonyl (C=O) groups excluding carboxylic acids is 1. The zero-order valence-corrected chi connectivity index (χ0v) is 12.4. The van der Waals surface area contributed by atoms with Gasteiger partial charge in [0.1, 0.15) is 5.75 Å². The molecule has 20 heavy (non-hydrogen) atoms. The number of para-hydroxylation sites is 1. The van der Waals surface area contributed by atoms with Crippen LogP contribution in [0, 0.1) is 0 Å². The Morgan fingerprint density at radius 3 is 2.65 bits per heavy atom. The number of hydrogen-bond donors (Lipinski definition) is 0. The summed E-state index contributed by atoms with van der Waals surface area (Å²) in [5, 5.41) is 0.272. The van der Waals surface area contributed by atoms with Gasteiger partial charge in [0, 0.05) is 13.1 Å². The number of sulfonamides is 1. The van der Waals surface area contributed by atoms with Crippen LogP contribution < -0.4 is 0 Å². The Morgan fingerprint density at radius 1 is 1.25 bits per heavy atom. The lowest BCUT2D eigenvalue weighted by Gasteiger charge is -2.13. The van der Waals surface area contributed by atoms with Gasteiger partial charge >= 0.3 is 0 Å². The molecular weight excluding hydrogens is 296 g/mol. The summed E-state index contributed by atoms with van der Waals surface area (Å²) < 4.78 is 26.5. The number of ketones is 1. The summed E-state index contributed by atoms with van der Waals surface area (Å²) in [5.41, 5.74) is 0.736. The first kappa shape index (κ1) is 13.7. The molecule has 0 atom stereocenters. The van der Waals surface area contributed by atoms with Crippen molar-refractivity contribution in [1.82, 2.24) is 9.29 Å². The van der Waals surface area contributed by atoms with Crippen molar-refractivity contribution in [2.45, 2.75) is 12.8 Å². The van der Waals surface area contributed by atoms with Crippen molar-refractivity contribution in [2.24, 2.45) is 0 Å². The van der Waals surface area contributed by atoms with Gasteiger partial charge in [0.15, 0.2) is 5.01 Å². The van der Waals surface area contributed by atoms with E-state index in [4.69, 9.17) is 0 Å². The van der Waals surface area contributed by atoms with Gasteiger partial charge in [-0.3, -0.25) is 4.79 Å². The molecule has 2 aromatic rings. The molecule has 1 saturated heterocycles. The van der Waals surface area contributed by atoms with Gasteiger partial charge in [-0.25, -0.2) is 17.7 Å². The molecule has 2 heterocycles. The van der Waals surface area contributed by atoms with E-state index in [1.807, 2.05) is 24.3 Å². The molecule has 0 saturated carbocycles. The van der Waals surface area contributed by atoms with E-state index in [0.717, 1.165) is 23.1 Å². The molecule has 1 fully saturated rings. The molecule has 0 N–H and O–H groups in total. The first-order valence-corrected chi connectivity index (χ1v) is 8.85. The number of aromatic nitrogens is 1. The summed E-state index contributed by atoms with van der Waals surface area (Å²) in [7, 11) is -3.49. The lowest BCUT2D eigenvalue weighted by atomic mass is 10.3. The zero-order valence-electron chi connectivity index (χ0n) is 10.8. The molecular formula is C13H14N2O3S2. The summed E-state index contributed by atoms with van der Waals surface area (Å²) >= 11 is 1.24. The molecule has 0 radical (unpaired) electrons. The minimum atomic E-state index is -3.49. The second-order valence-corrected chi connectivity index (χ2v) is 7.77. The van der Waals surface area contributed by atoms with E-state index in [0.29, 0.717) is 13.1 Å². The van der Waals surface area contributed by atoms with Crippen molar-refractivity contribution in [2.75, 3.05) is 18.8 Å². The molecule has 106 valence electrons. The van der Waals surface area contributed by atoms with Crippen LogP contribution in [-0.2, 0) is 10.0 Å². The maximum atomic E-state index is 12.1. The first-order chi connectivity index (χ1) is 9.56. The van der Waals surface area contributed by atoms with Crippen molar-refractivity contribution in [1.29, 1.82) is 0 Å². The number of rotatable bonds is 4. The van der Waals surface area contributed by atoms with Crippen LogP contribution in [0.4, 0.5) is 0 Å². The second-order valence-electron chi connectivity index (χ2n) is 4.77. The molecule has 7 heteroatoms.